The summed E-state index contributed by atoms with van der Waals surface area (Å²) in [5.74, 6) is 1.35. The van der Waals surface area contributed by atoms with E-state index in [2.05, 4.69) is 17.2 Å². The van der Waals surface area contributed by atoms with Gasteiger partial charge in [0.15, 0.2) is 11.5 Å². The molecule has 4 nitrogen and oxygen atoms in total. The van der Waals surface area contributed by atoms with Crippen molar-refractivity contribution in [1.29, 1.82) is 0 Å². The number of benzene rings is 1. The van der Waals surface area contributed by atoms with Crippen molar-refractivity contribution >= 4 is 11.6 Å². The highest BCUT2D eigenvalue weighted by molar-refractivity contribution is 6.30. The quantitative estimate of drug-likeness (QED) is 0.885. The summed E-state index contributed by atoms with van der Waals surface area (Å²) in [7, 11) is 3.23. The number of methoxy groups -OCH3 is 2. The normalized spacial score (nSPS) is 12.0. The van der Waals surface area contributed by atoms with Crippen LogP contribution in [0.1, 0.15) is 24.2 Å². The third-order valence-corrected chi connectivity index (χ3v) is 3.56. The molecule has 0 radical (unpaired) electrons. The minimum absolute atomic E-state index is 0.181. The van der Waals surface area contributed by atoms with Crippen LogP contribution < -0.4 is 14.8 Å². The first kappa shape index (κ1) is 15.6. The number of hydrogen-bond acceptors (Lipinski definition) is 4. The van der Waals surface area contributed by atoms with E-state index in [4.69, 9.17) is 21.1 Å². The lowest BCUT2D eigenvalue weighted by Crippen LogP contribution is -2.19. The first-order valence-corrected chi connectivity index (χ1v) is 7.08. The van der Waals surface area contributed by atoms with Crippen LogP contribution in [0.5, 0.6) is 11.5 Å². The van der Waals surface area contributed by atoms with Gasteiger partial charge in [-0.2, -0.15) is 0 Å². The molecule has 2 aromatic rings. The van der Waals surface area contributed by atoms with Crippen molar-refractivity contribution in [2.75, 3.05) is 14.2 Å². The highest BCUT2D eigenvalue weighted by atomic mass is 35.5. The fourth-order valence-corrected chi connectivity index (χ4v) is 2.22. The fraction of sp³-hybridized carbons (Fsp3) is 0.312. The van der Waals surface area contributed by atoms with E-state index >= 15 is 0 Å². The Hall–Kier alpha value is -1.78. The summed E-state index contributed by atoms with van der Waals surface area (Å²) in [6.45, 7) is 2.68. The Morgan fingerprint density at radius 3 is 2.48 bits per heavy atom. The zero-order valence-corrected chi connectivity index (χ0v) is 13.1. The zero-order valence-electron chi connectivity index (χ0n) is 12.4. The van der Waals surface area contributed by atoms with Crippen LogP contribution in [0.3, 0.4) is 0 Å². The largest absolute Gasteiger partial charge is 0.493 e. The van der Waals surface area contributed by atoms with Gasteiger partial charge in [-0.15, -0.1) is 0 Å². The Labute approximate surface area is 130 Å². The summed E-state index contributed by atoms with van der Waals surface area (Å²) >= 11 is 5.90. The molecule has 0 bridgehead atoms. The standard InChI is InChI=1S/C16H19ClN2O2/c1-11(12-4-6-13(17)7-5-12)19-10-14-16(21-3)15(20-2)8-9-18-14/h4-9,11,19H,10H2,1-3H3. The lowest BCUT2D eigenvalue weighted by Gasteiger charge is -2.16. The van der Waals surface area contributed by atoms with Crippen LogP contribution >= 0.6 is 11.6 Å². The number of nitrogens with one attached hydrogen (secondary N) is 1. The number of nitrogens with zero attached hydrogens (tertiary/aromatic N) is 1. The van der Waals surface area contributed by atoms with Gasteiger partial charge in [-0.3, -0.25) is 4.98 Å². The summed E-state index contributed by atoms with van der Waals surface area (Å²) in [5, 5.41) is 4.16. The summed E-state index contributed by atoms with van der Waals surface area (Å²) in [4.78, 5) is 4.35. The van der Waals surface area contributed by atoms with Gasteiger partial charge < -0.3 is 14.8 Å². The molecular formula is C16H19ClN2O2. The molecule has 2 rings (SSSR count). The van der Waals surface area contributed by atoms with E-state index in [9.17, 15) is 0 Å². The van der Waals surface area contributed by atoms with Crippen LogP contribution in [0.4, 0.5) is 0 Å². The Balaban J connectivity index is 2.07. The summed E-state index contributed by atoms with van der Waals surface area (Å²) in [5.41, 5.74) is 1.99. The van der Waals surface area contributed by atoms with Crippen LogP contribution in [0.15, 0.2) is 36.5 Å². The van der Waals surface area contributed by atoms with Gasteiger partial charge in [-0.1, -0.05) is 23.7 Å². The second kappa shape index (κ2) is 7.29. The predicted molar refractivity (Wildman–Crippen MR) is 84.0 cm³/mol. The number of aromatic nitrogens is 1. The Morgan fingerprint density at radius 2 is 1.86 bits per heavy atom. The molecule has 5 heteroatoms. The molecule has 0 fully saturated rings. The molecule has 1 N–H and O–H groups in total. The van der Waals surface area contributed by atoms with Crippen molar-refractivity contribution in [1.82, 2.24) is 10.3 Å². The fourth-order valence-electron chi connectivity index (χ4n) is 2.10. The predicted octanol–water partition coefficient (Wildman–Crippen LogP) is 3.60. The van der Waals surface area contributed by atoms with Crippen molar-refractivity contribution in [3.05, 3.63) is 52.8 Å². The van der Waals surface area contributed by atoms with Crippen LogP contribution in [-0.2, 0) is 6.54 Å². The van der Waals surface area contributed by atoms with Crippen molar-refractivity contribution in [2.24, 2.45) is 0 Å². The molecule has 1 aromatic carbocycles. The minimum Gasteiger partial charge on any atom is -0.493 e. The van der Waals surface area contributed by atoms with Crippen LogP contribution in [0.2, 0.25) is 5.02 Å². The van der Waals surface area contributed by atoms with Gasteiger partial charge in [0.1, 0.15) is 0 Å². The van der Waals surface area contributed by atoms with Gasteiger partial charge in [0.25, 0.3) is 0 Å². The molecular weight excluding hydrogens is 288 g/mol. The molecule has 1 atom stereocenters. The van der Waals surface area contributed by atoms with E-state index in [1.54, 1.807) is 26.5 Å². The minimum atomic E-state index is 0.181. The molecule has 0 amide bonds. The topological polar surface area (TPSA) is 43.4 Å². The maximum absolute atomic E-state index is 5.90. The molecule has 1 unspecified atom stereocenters. The summed E-state index contributed by atoms with van der Waals surface area (Å²) < 4.78 is 10.7. The number of ether oxygens (including phenoxy) is 2. The maximum atomic E-state index is 5.90. The Bertz CT molecular complexity index is 587. The van der Waals surface area contributed by atoms with E-state index < -0.39 is 0 Å². The molecule has 0 spiro atoms. The first-order valence-electron chi connectivity index (χ1n) is 6.70. The molecule has 1 heterocycles. The van der Waals surface area contributed by atoms with Gasteiger partial charge >= 0.3 is 0 Å². The van der Waals surface area contributed by atoms with Gasteiger partial charge in [0.05, 0.1) is 19.9 Å². The van der Waals surface area contributed by atoms with Crippen molar-refractivity contribution in [2.45, 2.75) is 19.5 Å². The van der Waals surface area contributed by atoms with E-state index in [0.29, 0.717) is 18.0 Å². The molecule has 0 aliphatic rings. The number of pyridine rings is 1. The van der Waals surface area contributed by atoms with E-state index in [-0.39, 0.29) is 6.04 Å². The third-order valence-electron chi connectivity index (χ3n) is 3.31. The second-order valence-electron chi connectivity index (χ2n) is 4.65. The van der Waals surface area contributed by atoms with Gasteiger partial charge in [-0.05, 0) is 24.6 Å². The van der Waals surface area contributed by atoms with E-state index in [0.717, 1.165) is 10.7 Å². The van der Waals surface area contributed by atoms with Gasteiger partial charge in [0.2, 0.25) is 0 Å². The molecule has 0 saturated carbocycles. The average Bonchev–Trinajstić information content (AvgIpc) is 2.52. The monoisotopic (exact) mass is 306 g/mol. The maximum Gasteiger partial charge on any atom is 0.183 e. The lowest BCUT2D eigenvalue weighted by molar-refractivity contribution is 0.347. The summed E-state index contributed by atoms with van der Waals surface area (Å²) in [6, 6.07) is 9.76. The van der Waals surface area contributed by atoms with Crippen LogP contribution in [0, 0.1) is 0 Å². The van der Waals surface area contributed by atoms with E-state index in [1.165, 1.54) is 5.56 Å². The SMILES string of the molecule is COc1ccnc(CNC(C)c2ccc(Cl)cc2)c1OC. The summed E-state index contributed by atoms with van der Waals surface area (Å²) in [6.07, 6.45) is 1.71. The van der Waals surface area contributed by atoms with Gasteiger partial charge in [-0.25, -0.2) is 0 Å². The van der Waals surface area contributed by atoms with Crippen molar-refractivity contribution in [3.63, 3.8) is 0 Å². The van der Waals surface area contributed by atoms with Gasteiger partial charge in [0, 0.05) is 29.9 Å². The number of halogens is 1. The Kier molecular flexibility index (Phi) is 5.42. The average molecular weight is 307 g/mol. The lowest BCUT2D eigenvalue weighted by atomic mass is 10.1. The zero-order chi connectivity index (χ0) is 15.2. The van der Waals surface area contributed by atoms with Crippen LogP contribution in [0.25, 0.3) is 0 Å². The molecule has 0 aliphatic carbocycles. The number of rotatable bonds is 6. The van der Waals surface area contributed by atoms with Crippen molar-refractivity contribution in [3.8, 4) is 11.5 Å². The molecule has 0 saturated heterocycles. The Morgan fingerprint density at radius 1 is 1.14 bits per heavy atom. The molecule has 21 heavy (non-hydrogen) atoms. The highest BCUT2D eigenvalue weighted by Gasteiger charge is 2.12. The first-order chi connectivity index (χ1) is 10.2. The molecule has 112 valence electrons. The second-order valence-corrected chi connectivity index (χ2v) is 5.08. The molecule has 0 aliphatic heterocycles. The van der Waals surface area contributed by atoms with Crippen LogP contribution in [-0.4, -0.2) is 19.2 Å². The smallest absolute Gasteiger partial charge is 0.183 e. The molecule has 1 aromatic heterocycles. The highest BCUT2D eigenvalue weighted by Crippen LogP contribution is 2.29. The van der Waals surface area contributed by atoms with E-state index in [1.807, 2.05) is 24.3 Å². The van der Waals surface area contributed by atoms with Crippen molar-refractivity contribution < 1.29 is 9.47 Å². The third kappa shape index (κ3) is 3.86. The number of hydrogen-bond donors (Lipinski definition) is 1.